The molecule has 2 atom stereocenters. The monoisotopic (exact) mass is 514 g/mol. The first-order valence-electron chi connectivity index (χ1n) is 13.8. The van der Waals surface area contributed by atoms with Crippen molar-refractivity contribution in [1.29, 1.82) is 0 Å². The van der Waals surface area contributed by atoms with Crippen LogP contribution in [-0.4, -0.2) is 62.1 Å². The third-order valence-electron chi connectivity index (χ3n) is 5.58. The van der Waals surface area contributed by atoms with Gasteiger partial charge in [0.15, 0.2) is 0 Å². The number of carbonyl (C=O) groups excluding carboxylic acids is 4. The number of nitrogens with one attached hydrogen (secondary N) is 2. The van der Waals surface area contributed by atoms with Gasteiger partial charge >= 0.3 is 11.9 Å². The van der Waals surface area contributed by atoms with Gasteiger partial charge in [-0.15, -0.1) is 0 Å². The molecule has 10 nitrogen and oxygen atoms in total. The highest BCUT2D eigenvalue weighted by molar-refractivity contribution is 5.93. The molecule has 36 heavy (non-hydrogen) atoms. The smallest absolute Gasteiger partial charge is 0.306 e. The Hall–Kier alpha value is -2.20. The number of unbranched alkanes of at least 4 members (excludes halogenated alkanes) is 8. The molecule has 0 saturated heterocycles. The maximum Gasteiger partial charge on any atom is 0.306 e. The van der Waals surface area contributed by atoms with E-state index in [2.05, 4.69) is 10.6 Å². The first kappa shape index (κ1) is 33.8. The molecule has 0 saturated carbocycles. The summed E-state index contributed by atoms with van der Waals surface area (Å²) < 4.78 is 10.9. The fourth-order valence-corrected chi connectivity index (χ4v) is 3.49. The first-order chi connectivity index (χ1) is 17.4. The van der Waals surface area contributed by atoms with Crippen molar-refractivity contribution in [1.82, 2.24) is 10.6 Å². The van der Waals surface area contributed by atoms with Gasteiger partial charge in [-0.05, 0) is 51.6 Å². The van der Waals surface area contributed by atoms with E-state index in [0.717, 1.165) is 51.4 Å². The van der Waals surface area contributed by atoms with Crippen molar-refractivity contribution in [3.8, 4) is 0 Å². The molecule has 0 heterocycles. The van der Waals surface area contributed by atoms with Crippen LogP contribution < -0.4 is 22.1 Å². The van der Waals surface area contributed by atoms with E-state index in [1.165, 1.54) is 0 Å². The summed E-state index contributed by atoms with van der Waals surface area (Å²) in [6, 6.07) is 0. The van der Waals surface area contributed by atoms with Crippen LogP contribution in [0.4, 0.5) is 0 Å². The normalized spacial score (nSPS) is 12.4. The molecule has 0 aliphatic carbocycles. The van der Waals surface area contributed by atoms with E-state index < -0.39 is 36.0 Å². The molecular weight excluding hydrogens is 464 g/mol. The van der Waals surface area contributed by atoms with Gasteiger partial charge in [0.2, 0.25) is 12.2 Å². The van der Waals surface area contributed by atoms with Gasteiger partial charge in [-0.2, -0.15) is 0 Å². The Balaban J connectivity index is 5.22. The molecule has 0 aliphatic rings. The third kappa shape index (κ3) is 17.3. The zero-order valence-electron chi connectivity index (χ0n) is 22.5. The second-order valence-electron chi connectivity index (χ2n) is 9.02. The summed E-state index contributed by atoms with van der Waals surface area (Å²) >= 11 is 0. The molecule has 0 aromatic rings. The molecule has 0 fully saturated rings. The predicted octanol–water partition coefficient (Wildman–Crippen LogP) is 2.46. The lowest BCUT2D eigenvalue weighted by atomic mass is 10.1. The summed E-state index contributed by atoms with van der Waals surface area (Å²) in [7, 11) is 0. The van der Waals surface area contributed by atoms with Crippen molar-refractivity contribution in [2.24, 2.45) is 11.5 Å². The van der Waals surface area contributed by atoms with Crippen LogP contribution in [0.25, 0.3) is 0 Å². The average molecular weight is 515 g/mol. The Bertz CT molecular complexity index is 565. The number of rotatable bonds is 23. The molecule has 0 bridgehead atoms. The summed E-state index contributed by atoms with van der Waals surface area (Å²) in [6.07, 6.45) is 7.10. The van der Waals surface area contributed by atoms with Crippen LogP contribution in [0.3, 0.4) is 0 Å². The highest BCUT2D eigenvalue weighted by Crippen LogP contribution is 2.13. The molecule has 0 aromatic carbocycles. The molecular formula is C26H50N4O6. The maximum absolute atomic E-state index is 12.9. The van der Waals surface area contributed by atoms with E-state index >= 15 is 0 Å². The highest BCUT2D eigenvalue weighted by atomic mass is 16.6. The molecule has 0 rings (SSSR count). The second-order valence-corrected chi connectivity index (χ2v) is 9.02. The van der Waals surface area contributed by atoms with Gasteiger partial charge in [0.25, 0.3) is 11.8 Å². The van der Waals surface area contributed by atoms with Crippen LogP contribution in [-0.2, 0) is 28.7 Å². The summed E-state index contributed by atoms with van der Waals surface area (Å²) in [6.45, 7) is 5.73. The van der Waals surface area contributed by atoms with Gasteiger partial charge in [-0.25, -0.2) is 0 Å². The van der Waals surface area contributed by atoms with E-state index in [0.29, 0.717) is 51.9 Å². The number of hydrogen-bond donors (Lipinski definition) is 4. The molecule has 6 N–H and O–H groups in total. The molecule has 210 valence electrons. The van der Waals surface area contributed by atoms with Gasteiger partial charge in [0.1, 0.15) is 0 Å². The summed E-state index contributed by atoms with van der Waals surface area (Å²) in [5.41, 5.74) is 11.0. The van der Waals surface area contributed by atoms with Crippen molar-refractivity contribution in [3.63, 3.8) is 0 Å². The Labute approximate surface area is 217 Å². The van der Waals surface area contributed by atoms with Gasteiger partial charge in [-0.1, -0.05) is 52.4 Å². The van der Waals surface area contributed by atoms with E-state index in [1.807, 2.05) is 13.8 Å². The minimum atomic E-state index is -1.55. The summed E-state index contributed by atoms with van der Waals surface area (Å²) in [5, 5.41) is 5.31. The fraction of sp³-hybridized carbons (Fsp3) is 0.846. The second kappa shape index (κ2) is 23.2. The Morgan fingerprint density at radius 3 is 1.25 bits per heavy atom. The molecule has 10 heteroatoms. The van der Waals surface area contributed by atoms with Crippen LogP contribution in [0.1, 0.15) is 104 Å². The Kier molecular flexibility index (Phi) is 21.8. The van der Waals surface area contributed by atoms with Crippen molar-refractivity contribution >= 4 is 23.8 Å². The lowest BCUT2D eigenvalue weighted by molar-refractivity contribution is -0.176. The van der Waals surface area contributed by atoms with Crippen LogP contribution in [0.15, 0.2) is 0 Å². The zero-order chi connectivity index (χ0) is 27.0. The van der Waals surface area contributed by atoms with Crippen LogP contribution in [0.5, 0.6) is 0 Å². The van der Waals surface area contributed by atoms with Gasteiger partial charge in [-0.3, -0.25) is 19.2 Å². The number of esters is 2. The number of ether oxygens (including phenoxy) is 2. The summed E-state index contributed by atoms with van der Waals surface area (Å²) in [4.78, 5) is 50.8. The number of carbonyl (C=O) groups is 4. The van der Waals surface area contributed by atoms with Gasteiger partial charge in [0, 0.05) is 25.9 Å². The van der Waals surface area contributed by atoms with E-state index in [4.69, 9.17) is 20.9 Å². The Morgan fingerprint density at radius 1 is 0.583 bits per heavy atom. The first-order valence-corrected chi connectivity index (χ1v) is 13.8. The lowest BCUT2D eigenvalue weighted by Gasteiger charge is -2.25. The van der Waals surface area contributed by atoms with E-state index in [1.54, 1.807) is 0 Å². The van der Waals surface area contributed by atoms with Crippen LogP contribution >= 0.6 is 0 Å². The highest BCUT2D eigenvalue weighted by Gasteiger charge is 2.39. The maximum atomic E-state index is 12.9. The standard InChI is InChI=1S/C26H50N4O6/c1-3-19-29-25(33)23(35-21(31)15-11-7-5-9-13-17-27)24(26(34)30-20-4-2)36-22(32)16-12-8-6-10-14-18-28/h23-24H,3-20,27-28H2,1-2H3,(H,29,33)(H,30,34)/t23-,24-/m1/s1. The minimum absolute atomic E-state index is 0.111. The third-order valence-corrected chi connectivity index (χ3v) is 5.58. The molecule has 0 spiro atoms. The number of amides is 2. The van der Waals surface area contributed by atoms with Crippen molar-refractivity contribution in [2.45, 2.75) is 116 Å². The number of nitrogens with two attached hydrogens (primary N) is 2. The van der Waals surface area contributed by atoms with Gasteiger partial charge < -0.3 is 31.6 Å². The molecule has 0 unspecified atom stereocenters. The fourth-order valence-electron chi connectivity index (χ4n) is 3.49. The quantitative estimate of drug-likeness (QED) is 0.119. The summed E-state index contributed by atoms with van der Waals surface area (Å²) in [5.74, 6) is -2.51. The molecule has 2 amide bonds. The van der Waals surface area contributed by atoms with Crippen LogP contribution in [0, 0.1) is 0 Å². The number of hydrogen-bond acceptors (Lipinski definition) is 8. The molecule has 0 aliphatic heterocycles. The molecule has 0 aromatic heterocycles. The average Bonchev–Trinajstić information content (AvgIpc) is 2.87. The van der Waals surface area contributed by atoms with Crippen molar-refractivity contribution in [2.75, 3.05) is 26.2 Å². The van der Waals surface area contributed by atoms with E-state index in [-0.39, 0.29) is 12.8 Å². The molecule has 0 radical (unpaired) electrons. The SMILES string of the molecule is CCCNC(=O)[C@H](OC(=O)CCCCCCCN)[C@@H](OC(=O)CCCCCCCN)C(=O)NCCC. The topological polar surface area (TPSA) is 163 Å². The van der Waals surface area contributed by atoms with Crippen molar-refractivity contribution < 1.29 is 28.7 Å². The van der Waals surface area contributed by atoms with Gasteiger partial charge in [0.05, 0.1) is 0 Å². The lowest BCUT2D eigenvalue weighted by Crippen LogP contribution is -2.53. The predicted molar refractivity (Wildman–Crippen MR) is 140 cm³/mol. The van der Waals surface area contributed by atoms with Crippen LogP contribution in [0.2, 0.25) is 0 Å². The van der Waals surface area contributed by atoms with E-state index in [9.17, 15) is 19.2 Å². The zero-order valence-corrected chi connectivity index (χ0v) is 22.5. The largest absolute Gasteiger partial charge is 0.448 e. The minimum Gasteiger partial charge on any atom is -0.448 e. The van der Waals surface area contributed by atoms with Crippen molar-refractivity contribution in [3.05, 3.63) is 0 Å². The Morgan fingerprint density at radius 2 is 0.917 bits per heavy atom.